The van der Waals surface area contributed by atoms with Gasteiger partial charge in [0.25, 0.3) is 5.56 Å². The average Bonchev–Trinajstić information content (AvgIpc) is 2.66. The topological polar surface area (TPSA) is 114 Å². The Hall–Kier alpha value is -1.90. The van der Waals surface area contributed by atoms with Gasteiger partial charge in [-0.25, -0.2) is 4.79 Å². The minimum atomic E-state index is -1.12. The second kappa shape index (κ2) is 5.61. The van der Waals surface area contributed by atoms with Gasteiger partial charge in [0.1, 0.15) is 12.2 Å². The molecule has 1 aliphatic heterocycles. The van der Waals surface area contributed by atoms with Crippen molar-refractivity contribution in [3.8, 4) is 0 Å². The van der Waals surface area contributed by atoms with Crippen LogP contribution in [0.5, 0.6) is 0 Å². The van der Waals surface area contributed by atoms with Crippen molar-refractivity contribution >= 4 is 0 Å². The van der Waals surface area contributed by atoms with Gasteiger partial charge in [-0.3, -0.25) is 14.3 Å². The van der Waals surface area contributed by atoms with Crippen LogP contribution in [-0.4, -0.2) is 44.7 Å². The molecular formula is C12H16N2O6. The number of hydrogen-bond donors (Lipinski definition) is 3. The van der Waals surface area contributed by atoms with Gasteiger partial charge in [0.05, 0.1) is 12.4 Å². The van der Waals surface area contributed by atoms with Gasteiger partial charge in [-0.2, -0.15) is 0 Å². The Balaban J connectivity index is 2.39. The second-order valence-corrected chi connectivity index (χ2v) is 4.54. The molecule has 1 saturated heterocycles. The summed E-state index contributed by atoms with van der Waals surface area (Å²) in [6.07, 6.45) is -2.65. The number of allylic oxidation sites excluding steroid dienone is 1. The molecule has 0 bridgehead atoms. The highest BCUT2D eigenvalue weighted by molar-refractivity contribution is 4.96. The molecule has 8 nitrogen and oxygen atoms in total. The minimum Gasteiger partial charge on any atom is -0.488 e. The fourth-order valence-corrected chi connectivity index (χ4v) is 2.08. The number of nitrogens with zero attached hydrogens (tertiary/aromatic N) is 1. The van der Waals surface area contributed by atoms with Gasteiger partial charge >= 0.3 is 5.69 Å². The van der Waals surface area contributed by atoms with Crippen LogP contribution in [0.3, 0.4) is 0 Å². The zero-order valence-electron chi connectivity index (χ0n) is 10.9. The van der Waals surface area contributed by atoms with Gasteiger partial charge in [0, 0.05) is 12.3 Å². The number of nitrogens with one attached hydrogen (secondary N) is 1. The Bertz CT molecular complexity index is 606. The number of rotatable bonds is 4. The molecule has 0 amide bonds. The van der Waals surface area contributed by atoms with Crippen molar-refractivity contribution in [3.63, 3.8) is 0 Å². The van der Waals surface area contributed by atoms with E-state index in [1.165, 1.54) is 6.20 Å². The van der Waals surface area contributed by atoms with E-state index in [4.69, 9.17) is 14.6 Å². The Kier molecular flexibility index (Phi) is 4.07. The molecule has 2 rings (SSSR count). The first kappa shape index (κ1) is 14.5. The molecule has 1 fully saturated rings. The van der Waals surface area contributed by atoms with Crippen molar-refractivity contribution in [2.24, 2.45) is 0 Å². The van der Waals surface area contributed by atoms with Gasteiger partial charge in [-0.1, -0.05) is 6.58 Å². The molecule has 3 N–H and O–H groups in total. The third-order valence-electron chi connectivity index (χ3n) is 2.96. The summed E-state index contributed by atoms with van der Waals surface area (Å²) >= 11 is 0. The predicted molar refractivity (Wildman–Crippen MR) is 68.0 cm³/mol. The Morgan fingerprint density at radius 2 is 2.30 bits per heavy atom. The zero-order chi connectivity index (χ0) is 14.9. The van der Waals surface area contributed by atoms with Crippen molar-refractivity contribution < 1.29 is 19.7 Å². The summed E-state index contributed by atoms with van der Waals surface area (Å²) in [4.78, 5) is 24.9. The third kappa shape index (κ3) is 2.67. The lowest BCUT2D eigenvalue weighted by Crippen LogP contribution is -2.39. The summed E-state index contributed by atoms with van der Waals surface area (Å²) in [5.74, 6) is 0.332. The molecular weight excluding hydrogens is 268 g/mol. The van der Waals surface area contributed by atoms with Gasteiger partial charge in [-0.15, -0.1) is 0 Å². The molecule has 0 aliphatic carbocycles. The monoisotopic (exact) mass is 284 g/mol. The maximum Gasteiger partial charge on any atom is 0.330 e. The lowest BCUT2D eigenvalue weighted by atomic mass is 10.1. The molecule has 2 heterocycles. The largest absolute Gasteiger partial charge is 0.488 e. The Morgan fingerprint density at radius 3 is 2.85 bits per heavy atom. The molecule has 4 atom stereocenters. The number of ether oxygens (including phenoxy) is 2. The van der Waals surface area contributed by atoms with Gasteiger partial charge in [-0.05, 0) is 6.92 Å². The maximum atomic E-state index is 11.8. The predicted octanol–water partition coefficient (Wildman–Crippen LogP) is -1.29. The summed E-state index contributed by atoms with van der Waals surface area (Å²) in [6.45, 7) is 4.74. The maximum absolute atomic E-state index is 11.8. The quantitative estimate of drug-likeness (QED) is 0.593. The van der Waals surface area contributed by atoms with E-state index in [9.17, 15) is 14.7 Å². The van der Waals surface area contributed by atoms with Crippen LogP contribution in [0.4, 0.5) is 0 Å². The molecule has 1 aromatic heterocycles. The van der Waals surface area contributed by atoms with Crippen molar-refractivity contribution in [2.75, 3.05) is 6.61 Å². The third-order valence-corrected chi connectivity index (χ3v) is 2.96. The van der Waals surface area contributed by atoms with Gasteiger partial charge < -0.3 is 19.7 Å². The number of aliphatic hydroxyl groups is 2. The van der Waals surface area contributed by atoms with Crippen LogP contribution in [0.15, 0.2) is 34.2 Å². The summed E-state index contributed by atoms with van der Waals surface area (Å²) in [5.41, 5.74) is -1.23. The highest BCUT2D eigenvalue weighted by Crippen LogP contribution is 2.31. The van der Waals surface area contributed by atoms with Crippen molar-refractivity contribution in [1.29, 1.82) is 0 Å². The molecule has 0 spiro atoms. The Morgan fingerprint density at radius 1 is 1.60 bits per heavy atom. The van der Waals surface area contributed by atoms with Crippen LogP contribution in [0.1, 0.15) is 13.2 Å². The molecule has 8 heteroatoms. The fourth-order valence-electron chi connectivity index (χ4n) is 2.08. The second-order valence-electron chi connectivity index (χ2n) is 4.54. The van der Waals surface area contributed by atoms with E-state index in [1.54, 1.807) is 6.92 Å². The van der Waals surface area contributed by atoms with Crippen molar-refractivity contribution in [3.05, 3.63) is 45.4 Å². The summed E-state index contributed by atoms with van der Waals surface area (Å²) in [6, 6.07) is 1.15. The number of hydrogen-bond acceptors (Lipinski definition) is 6. The van der Waals surface area contributed by atoms with Crippen molar-refractivity contribution in [1.82, 2.24) is 9.55 Å². The number of H-pyrrole nitrogens is 1. The minimum absolute atomic E-state index is 0.332. The lowest BCUT2D eigenvalue weighted by Gasteiger charge is -2.22. The van der Waals surface area contributed by atoms with Crippen molar-refractivity contribution in [2.45, 2.75) is 31.5 Å². The van der Waals surface area contributed by atoms with Crippen LogP contribution < -0.4 is 11.2 Å². The first-order valence-corrected chi connectivity index (χ1v) is 6.02. The molecule has 0 radical (unpaired) electrons. The van der Waals surface area contributed by atoms with Gasteiger partial charge in [0.15, 0.2) is 12.3 Å². The van der Waals surface area contributed by atoms with Crippen LogP contribution in [0, 0.1) is 0 Å². The number of aromatic nitrogens is 2. The number of aromatic amines is 1. The zero-order valence-corrected chi connectivity index (χ0v) is 10.9. The summed E-state index contributed by atoms with van der Waals surface area (Å²) in [5, 5.41) is 19.2. The molecule has 1 aliphatic rings. The van der Waals surface area contributed by atoms with E-state index in [1.807, 2.05) is 0 Å². The first-order chi connectivity index (χ1) is 9.43. The van der Waals surface area contributed by atoms with Crippen LogP contribution >= 0.6 is 0 Å². The molecule has 110 valence electrons. The van der Waals surface area contributed by atoms with Crippen LogP contribution in [-0.2, 0) is 9.47 Å². The smallest absolute Gasteiger partial charge is 0.330 e. The van der Waals surface area contributed by atoms with E-state index in [0.717, 1.165) is 10.6 Å². The SMILES string of the molecule is C=C(C)O[C@@H]1[C@H](O)[C@@H](CO)O[C@H]1n1ccc(=O)[nH]c1=O. The van der Waals surface area contributed by atoms with E-state index >= 15 is 0 Å². The lowest BCUT2D eigenvalue weighted by molar-refractivity contribution is -0.0596. The standard InChI is InChI=1S/C12H16N2O6/c1-6(2)19-10-9(17)7(5-15)20-11(10)14-4-3-8(16)13-12(14)18/h3-4,7,9-11,15,17H,1,5H2,2H3,(H,13,16,18)/t7-,9-,10-,11-/m1/s1. The van der Waals surface area contributed by atoms with E-state index in [0.29, 0.717) is 5.76 Å². The molecule has 0 unspecified atom stereocenters. The molecule has 1 aromatic rings. The number of aliphatic hydroxyl groups excluding tert-OH is 2. The average molecular weight is 284 g/mol. The molecule has 0 aromatic carbocycles. The summed E-state index contributed by atoms with van der Waals surface area (Å²) in [7, 11) is 0. The summed E-state index contributed by atoms with van der Waals surface area (Å²) < 4.78 is 11.9. The van der Waals surface area contributed by atoms with E-state index in [2.05, 4.69) is 11.6 Å². The van der Waals surface area contributed by atoms with E-state index in [-0.39, 0.29) is 0 Å². The molecule has 0 saturated carbocycles. The Labute approximate surface area is 113 Å². The first-order valence-electron chi connectivity index (χ1n) is 6.02. The highest BCUT2D eigenvalue weighted by atomic mass is 16.6. The van der Waals surface area contributed by atoms with Crippen LogP contribution in [0.2, 0.25) is 0 Å². The molecule has 20 heavy (non-hydrogen) atoms. The van der Waals surface area contributed by atoms with E-state index < -0.39 is 42.4 Å². The fraction of sp³-hybridized carbons (Fsp3) is 0.500. The normalized spacial score (nSPS) is 29.4. The van der Waals surface area contributed by atoms with Crippen LogP contribution in [0.25, 0.3) is 0 Å². The van der Waals surface area contributed by atoms with Gasteiger partial charge in [0.2, 0.25) is 0 Å². The highest BCUT2D eigenvalue weighted by Gasteiger charge is 2.46.